The molecule has 0 aliphatic carbocycles. The number of pyridine rings is 1. The van der Waals surface area contributed by atoms with E-state index in [1.807, 2.05) is 6.07 Å². The summed E-state index contributed by atoms with van der Waals surface area (Å²) in [5.41, 5.74) is 2.18. The van der Waals surface area contributed by atoms with E-state index in [1.165, 1.54) is 10.8 Å². The maximum atomic E-state index is 11.6. The Labute approximate surface area is 112 Å². The third kappa shape index (κ3) is 2.76. The van der Waals surface area contributed by atoms with Gasteiger partial charge in [0, 0.05) is 25.1 Å². The minimum Gasteiger partial charge on any atom is -0.318 e. The fourth-order valence-electron chi connectivity index (χ4n) is 1.94. The Morgan fingerprint density at radius 1 is 1.11 bits per heavy atom. The van der Waals surface area contributed by atoms with Gasteiger partial charge >= 0.3 is 0 Å². The van der Waals surface area contributed by atoms with Crippen LogP contribution < -0.4 is 5.56 Å². The first-order valence-corrected chi connectivity index (χ1v) is 7.66. The monoisotopic (exact) mass is 277 g/mol. The van der Waals surface area contributed by atoms with Crippen LogP contribution in [0.3, 0.4) is 0 Å². The van der Waals surface area contributed by atoms with Crippen LogP contribution in [0.2, 0.25) is 0 Å². The molecule has 1 heterocycles. The summed E-state index contributed by atoms with van der Waals surface area (Å²) in [4.78, 5) is 11.9. The lowest BCUT2D eigenvalue weighted by Gasteiger charge is -2.07. The van der Waals surface area contributed by atoms with Crippen molar-refractivity contribution in [2.24, 2.45) is 7.05 Å². The SMILES string of the molecule is Cc1cc(-c2cccc(S(C)(=O)=O)c2)cn(C)c1=O. The van der Waals surface area contributed by atoms with Crippen molar-refractivity contribution in [3.63, 3.8) is 0 Å². The lowest BCUT2D eigenvalue weighted by atomic mass is 10.1. The van der Waals surface area contributed by atoms with E-state index < -0.39 is 9.84 Å². The molecule has 1 aromatic carbocycles. The fraction of sp³-hybridized carbons (Fsp3) is 0.214. The molecule has 100 valence electrons. The molecule has 0 radical (unpaired) electrons. The Morgan fingerprint density at radius 3 is 2.37 bits per heavy atom. The highest BCUT2D eigenvalue weighted by Gasteiger charge is 2.09. The molecule has 0 spiro atoms. The molecule has 0 saturated heterocycles. The van der Waals surface area contributed by atoms with E-state index in [0.717, 1.165) is 11.1 Å². The smallest absolute Gasteiger partial charge is 0.253 e. The molecule has 2 aromatic rings. The van der Waals surface area contributed by atoms with E-state index >= 15 is 0 Å². The Kier molecular flexibility index (Phi) is 3.32. The first-order chi connectivity index (χ1) is 8.79. The van der Waals surface area contributed by atoms with Crippen LogP contribution in [0.1, 0.15) is 5.56 Å². The summed E-state index contributed by atoms with van der Waals surface area (Å²) in [7, 11) is -1.55. The molecular formula is C14H15NO3S. The van der Waals surface area contributed by atoms with Gasteiger partial charge in [-0.3, -0.25) is 4.79 Å². The second kappa shape index (κ2) is 4.66. The van der Waals surface area contributed by atoms with Gasteiger partial charge in [-0.15, -0.1) is 0 Å². The zero-order valence-electron chi connectivity index (χ0n) is 11.0. The Balaban J connectivity index is 2.63. The van der Waals surface area contributed by atoms with Crippen molar-refractivity contribution in [1.82, 2.24) is 4.57 Å². The highest BCUT2D eigenvalue weighted by Crippen LogP contribution is 2.22. The van der Waals surface area contributed by atoms with Crippen LogP contribution in [0.15, 0.2) is 46.2 Å². The standard InChI is InChI=1S/C14H15NO3S/c1-10-7-12(9-15(2)14(10)16)11-5-4-6-13(8-11)19(3,17)18/h4-9H,1-3H3. The molecular weight excluding hydrogens is 262 g/mol. The summed E-state index contributed by atoms with van der Waals surface area (Å²) in [5.74, 6) is 0. The van der Waals surface area contributed by atoms with Gasteiger partial charge < -0.3 is 4.57 Å². The molecule has 0 amide bonds. The van der Waals surface area contributed by atoms with Crippen molar-refractivity contribution in [2.75, 3.05) is 6.26 Å². The van der Waals surface area contributed by atoms with Crippen molar-refractivity contribution in [2.45, 2.75) is 11.8 Å². The molecule has 0 saturated carbocycles. The normalized spacial score (nSPS) is 11.5. The van der Waals surface area contributed by atoms with Crippen molar-refractivity contribution in [3.8, 4) is 11.1 Å². The van der Waals surface area contributed by atoms with Crippen LogP contribution in [-0.4, -0.2) is 19.2 Å². The molecule has 0 fully saturated rings. The third-order valence-electron chi connectivity index (χ3n) is 2.96. The second-order valence-electron chi connectivity index (χ2n) is 4.63. The van der Waals surface area contributed by atoms with Gasteiger partial charge in [0.1, 0.15) is 0 Å². The van der Waals surface area contributed by atoms with E-state index in [0.29, 0.717) is 5.56 Å². The third-order valence-corrected chi connectivity index (χ3v) is 4.07. The van der Waals surface area contributed by atoms with Crippen LogP contribution in [0.5, 0.6) is 0 Å². The largest absolute Gasteiger partial charge is 0.318 e. The molecule has 0 bridgehead atoms. The molecule has 0 atom stereocenters. The minimum atomic E-state index is -3.23. The summed E-state index contributed by atoms with van der Waals surface area (Å²) < 4.78 is 24.6. The quantitative estimate of drug-likeness (QED) is 0.840. The molecule has 5 heteroatoms. The summed E-state index contributed by atoms with van der Waals surface area (Å²) in [5, 5.41) is 0. The van der Waals surface area contributed by atoms with Crippen molar-refractivity contribution >= 4 is 9.84 Å². The van der Waals surface area contributed by atoms with Crippen LogP contribution in [-0.2, 0) is 16.9 Å². The molecule has 0 N–H and O–H groups in total. The van der Waals surface area contributed by atoms with Gasteiger partial charge in [-0.1, -0.05) is 12.1 Å². The topological polar surface area (TPSA) is 56.1 Å². The van der Waals surface area contributed by atoms with Crippen LogP contribution in [0, 0.1) is 6.92 Å². The maximum Gasteiger partial charge on any atom is 0.253 e. The molecule has 0 aliphatic rings. The average Bonchev–Trinajstić information content (AvgIpc) is 2.34. The van der Waals surface area contributed by atoms with Crippen molar-refractivity contribution in [3.05, 3.63) is 52.4 Å². The zero-order valence-corrected chi connectivity index (χ0v) is 11.9. The van der Waals surface area contributed by atoms with Gasteiger partial charge in [-0.25, -0.2) is 8.42 Å². The van der Waals surface area contributed by atoms with E-state index in [2.05, 4.69) is 0 Å². The predicted octanol–water partition coefficient (Wildman–Crippen LogP) is 1.76. The minimum absolute atomic E-state index is 0.0528. The Bertz CT molecular complexity index is 762. The van der Waals surface area contributed by atoms with E-state index in [4.69, 9.17) is 0 Å². The number of aromatic nitrogens is 1. The molecule has 19 heavy (non-hydrogen) atoms. The van der Waals surface area contributed by atoms with Gasteiger partial charge in [0.05, 0.1) is 4.90 Å². The predicted molar refractivity (Wildman–Crippen MR) is 75.0 cm³/mol. The van der Waals surface area contributed by atoms with Crippen LogP contribution in [0.4, 0.5) is 0 Å². The van der Waals surface area contributed by atoms with Gasteiger partial charge in [-0.2, -0.15) is 0 Å². The number of benzene rings is 1. The number of aryl methyl sites for hydroxylation is 2. The lowest BCUT2D eigenvalue weighted by molar-refractivity contribution is 0.602. The van der Waals surface area contributed by atoms with Crippen LogP contribution in [0.25, 0.3) is 11.1 Å². The first kappa shape index (κ1) is 13.5. The molecule has 0 aliphatic heterocycles. The van der Waals surface area contributed by atoms with Gasteiger partial charge in [0.2, 0.25) is 0 Å². The van der Waals surface area contributed by atoms with E-state index in [-0.39, 0.29) is 10.5 Å². The number of sulfone groups is 1. The molecule has 0 unspecified atom stereocenters. The first-order valence-electron chi connectivity index (χ1n) is 5.77. The number of nitrogens with zero attached hydrogens (tertiary/aromatic N) is 1. The van der Waals surface area contributed by atoms with E-state index in [9.17, 15) is 13.2 Å². The van der Waals surface area contributed by atoms with Crippen LogP contribution >= 0.6 is 0 Å². The van der Waals surface area contributed by atoms with Gasteiger partial charge in [0.15, 0.2) is 9.84 Å². The lowest BCUT2D eigenvalue weighted by Crippen LogP contribution is -2.18. The molecule has 4 nitrogen and oxygen atoms in total. The van der Waals surface area contributed by atoms with Gasteiger partial charge in [0.25, 0.3) is 5.56 Å². The highest BCUT2D eigenvalue weighted by atomic mass is 32.2. The summed E-state index contributed by atoms with van der Waals surface area (Å²) in [6.45, 7) is 1.74. The molecule has 1 aromatic heterocycles. The maximum absolute atomic E-state index is 11.6. The zero-order chi connectivity index (χ0) is 14.2. The summed E-state index contributed by atoms with van der Waals surface area (Å²) >= 11 is 0. The highest BCUT2D eigenvalue weighted by molar-refractivity contribution is 7.90. The van der Waals surface area contributed by atoms with E-state index in [1.54, 1.807) is 44.4 Å². The fourth-order valence-corrected chi connectivity index (χ4v) is 2.61. The molecule has 2 rings (SSSR count). The second-order valence-corrected chi connectivity index (χ2v) is 6.64. The Morgan fingerprint density at radius 2 is 1.79 bits per heavy atom. The van der Waals surface area contributed by atoms with Crippen molar-refractivity contribution in [1.29, 1.82) is 0 Å². The Hall–Kier alpha value is -1.88. The average molecular weight is 277 g/mol. The summed E-state index contributed by atoms with van der Waals surface area (Å²) in [6, 6.07) is 8.48. The summed E-state index contributed by atoms with van der Waals surface area (Å²) in [6.07, 6.45) is 2.88. The number of hydrogen-bond donors (Lipinski definition) is 0. The van der Waals surface area contributed by atoms with Gasteiger partial charge in [-0.05, 0) is 36.2 Å². The number of rotatable bonds is 2. The number of hydrogen-bond acceptors (Lipinski definition) is 3. The van der Waals surface area contributed by atoms with Crippen molar-refractivity contribution < 1.29 is 8.42 Å².